The Labute approximate surface area is 354 Å². The van der Waals surface area contributed by atoms with Gasteiger partial charge in [-0.15, -0.1) is 0 Å². The summed E-state index contributed by atoms with van der Waals surface area (Å²) < 4.78 is 16.8. The summed E-state index contributed by atoms with van der Waals surface area (Å²) in [5.41, 5.74) is 15.4. The number of halogens is 1. The summed E-state index contributed by atoms with van der Waals surface area (Å²) in [6.07, 6.45) is 0. The number of anilines is 3. The Morgan fingerprint density at radius 3 is 1.48 bits per heavy atom. The van der Waals surface area contributed by atoms with E-state index in [1.165, 1.54) is 39.0 Å². The molecule has 0 amide bonds. The van der Waals surface area contributed by atoms with E-state index in [2.05, 4.69) is 216 Å². The Morgan fingerprint density at radius 1 is 0.328 bits per heavy atom. The number of aromatic nitrogens is 1. The van der Waals surface area contributed by atoms with Crippen LogP contribution in [0.3, 0.4) is 0 Å². The Kier molecular flexibility index (Phi) is 9.05. The topological polar surface area (TPSA) is 8.17 Å². The van der Waals surface area contributed by atoms with Crippen molar-refractivity contribution in [2.75, 3.05) is 4.90 Å². The number of benzene rings is 10. The van der Waals surface area contributed by atoms with E-state index in [9.17, 15) is 4.39 Å². The van der Waals surface area contributed by atoms with E-state index in [0.717, 1.165) is 66.9 Å². The summed E-state index contributed by atoms with van der Waals surface area (Å²) in [6.45, 7) is 0. The first-order chi connectivity index (χ1) is 30.2. The van der Waals surface area contributed by atoms with Gasteiger partial charge in [0, 0.05) is 33.5 Å². The van der Waals surface area contributed by atoms with E-state index in [0.29, 0.717) is 0 Å². The summed E-state index contributed by atoms with van der Waals surface area (Å²) in [6, 6.07) is 82.7. The van der Waals surface area contributed by atoms with Crippen LogP contribution in [0.1, 0.15) is 0 Å². The van der Waals surface area contributed by atoms with Crippen molar-refractivity contribution < 1.29 is 4.39 Å². The zero-order valence-electron chi connectivity index (χ0n) is 33.3. The standard InChI is InChI=1S/C58H39FN2/c59-47-18-8-17-46(38-47)53-23-11-15-44-14-10-22-52(58(44)53)43-30-32-48(33-31-43)60(51-19-9-16-45(39-51)42-28-26-41(27-29-42)40-12-2-1-3-13-40)49-34-36-50(37-35-49)61-56-24-6-4-20-54(56)55-21-5-7-25-57(55)61/h1-39H. The van der Waals surface area contributed by atoms with E-state index in [1.54, 1.807) is 12.1 Å². The molecule has 0 spiro atoms. The van der Waals surface area contributed by atoms with Crippen LogP contribution in [0, 0.1) is 5.82 Å². The van der Waals surface area contributed by atoms with E-state index >= 15 is 0 Å². The van der Waals surface area contributed by atoms with Crippen molar-refractivity contribution in [3.05, 3.63) is 242 Å². The van der Waals surface area contributed by atoms with Crippen molar-refractivity contribution in [3.63, 3.8) is 0 Å². The van der Waals surface area contributed by atoms with Gasteiger partial charge in [0.2, 0.25) is 0 Å². The maximum Gasteiger partial charge on any atom is 0.123 e. The molecule has 0 radical (unpaired) electrons. The Balaban J connectivity index is 1.02. The number of para-hydroxylation sites is 2. The summed E-state index contributed by atoms with van der Waals surface area (Å²) in [7, 11) is 0. The molecule has 11 rings (SSSR count). The predicted molar refractivity (Wildman–Crippen MR) is 255 cm³/mol. The number of rotatable bonds is 8. The van der Waals surface area contributed by atoms with Crippen LogP contribution in [0.2, 0.25) is 0 Å². The molecule has 10 aromatic carbocycles. The van der Waals surface area contributed by atoms with Gasteiger partial charge < -0.3 is 9.47 Å². The lowest BCUT2D eigenvalue weighted by molar-refractivity contribution is 0.628. The van der Waals surface area contributed by atoms with Crippen LogP contribution < -0.4 is 4.90 Å². The van der Waals surface area contributed by atoms with Crippen molar-refractivity contribution >= 4 is 49.6 Å². The summed E-state index contributed by atoms with van der Waals surface area (Å²) >= 11 is 0. The molecule has 2 nitrogen and oxygen atoms in total. The Bertz CT molecular complexity index is 3290. The quantitative estimate of drug-likeness (QED) is 0.149. The minimum atomic E-state index is -0.243. The third-order valence-corrected chi connectivity index (χ3v) is 11.9. The van der Waals surface area contributed by atoms with Gasteiger partial charge in [0.1, 0.15) is 5.82 Å². The second kappa shape index (κ2) is 15.3. The molecule has 0 aliphatic rings. The molecule has 11 aromatic rings. The second-order valence-corrected chi connectivity index (χ2v) is 15.5. The van der Waals surface area contributed by atoms with Crippen LogP contribution in [-0.2, 0) is 0 Å². The van der Waals surface area contributed by atoms with E-state index in [1.807, 2.05) is 12.1 Å². The van der Waals surface area contributed by atoms with Gasteiger partial charge in [0.25, 0.3) is 0 Å². The maximum atomic E-state index is 14.5. The lowest BCUT2D eigenvalue weighted by Crippen LogP contribution is -2.10. The molecule has 0 aliphatic carbocycles. The van der Waals surface area contributed by atoms with Gasteiger partial charge in [0.15, 0.2) is 0 Å². The fourth-order valence-corrected chi connectivity index (χ4v) is 8.98. The molecule has 0 saturated carbocycles. The minimum Gasteiger partial charge on any atom is -0.310 e. The molecule has 1 aromatic heterocycles. The molecule has 0 bridgehead atoms. The van der Waals surface area contributed by atoms with E-state index < -0.39 is 0 Å². The molecule has 0 aliphatic heterocycles. The SMILES string of the molecule is Fc1cccc(-c2cccc3cccc(-c4ccc(N(c5ccc(-n6c7ccccc7c7ccccc76)cc5)c5cccc(-c6ccc(-c7ccccc7)cc6)c5)cc4)c23)c1. The van der Waals surface area contributed by atoms with Gasteiger partial charge in [-0.2, -0.15) is 0 Å². The highest BCUT2D eigenvalue weighted by Crippen LogP contribution is 2.41. The third-order valence-electron chi connectivity index (χ3n) is 11.9. The molecule has 0 saturated heterocycles. The third kappa shape index (κ3) is 6.63. The highest BCUT2D eigenvalue weighted by atomic mass is 19.1. The van der Waals surface area contributed by atoms with Gasteiger partial charge in [-0.3, -0.25) is 0 Å². The van der Waals surface area contributed by atoms with Crippen LogP contribution in [0.4, 0.5) is 21.5 Å². The molecule has 288 valence electrons. The molecular weight excluding hydrogens is 744 g/mol. The summed E-state index contributed by atoms with van der Waals surface area (Å²) in [5.74, 6) is -0.243. The lowest BCUT2D eigenvalue weighted by atomic mass is 9.91. The zero-order valence-corrected chi connectivity index (χ0v) is 33.3. The Hall–Kier alpha value is -8.01. The highest BCUT2D eigenvalue weighted by Gasteiger charge is 2.17. The van der Waals surface area contributed by atoms with Crippen LogP contribution in [0.5, 0.6) is 0 Å². The maximum absolute atomic E-state index is 14.5. The summed E-state index contributed by atoms with van der Waals surface area (Å²) in [4.78, 5) is 2.34. The fourth-order valence-electron chi connectivity index (χ4n) is 8.98. The van der Waals surface area contributed by atoms with Gasteiger partial charge in [0.05, 0.1) is 11.0 Å². The average Bonchev–Trinajstić information content (AvgIpc) is 3.66. The molecule has 0 atom stereocenters. The molecule has 1 heterocycles. The Morgan fingerprint density at radius 2 is 0.820 bits per heavy atom. The largest absolute Gasteiger partial charge is 0.310 e. The van der Waals surface area contributed by atoms with Crippen molar-refractivity contribution in [2.45, 2.75) is 0 Å². The van der Waals surface area contributed by atoms with Crippen LogP contribution >= 0.6 is 0 Å². The van der Waals surface area contributed by atoms with Crippen molar-refractivity contribution in [1.29, 1.82) is 0 Å². The number of fused-ring (bicyclic) bond motifs is 4. The van der Waals surface area contributed by atoms with Gasteiger partial charge in [-0.1, -0.05) is 164 Å². The first-order valence-electron chi connectivity index (χ1n) is 20.7. The zero-order chi connectivity index (χ0) is 40.7. The van der Waals surface area contributed by atoms with Crippen molar-refractivity contribution in [2.24, 2.45) is 0 Å². The van der Waals surface area contributed by atoms with Crippen molar-refractivity contribution in [1.82, 2.24) is 4.57 Å². The number of hydrogen-bond donors (Lipinski definition) is 0. The van der Waals surface area contributed by atoms with E-state index in [-0.39, 0.29) is 5.82 Å². The van der Waals surface area contributed by atoms with Gasteiger partial charge >= 0.3 is 0 Å². The molecule has 0 fully saturated rings. The van der Waals surface area contributed by atoms with Crippen LogP contribution in [-0.4, -0.2) is 4.57 Å². The monoisotopic (exact) mass is 782 g/mol. The first-order valence-corrected chi connectivity index (χ1v) is 20.7. The molecule has 0 unspecified atom stereocenters. The fraction of sp³-hybridized carbons (Fsp3) is 0. The number of hydrogen-bond acceptors (Lipinski definition) is 1. The summed E-state index contributed by atoms with van der Waals surface area (Å²) in [5, 5.41) is 4.70. The first kappa shape index (κ1) is 36.1. The van der Waals surface area contributed by atoms with Gasteiger partial charge in [-0.05, 0) is 128 Å². The molecular formula is C58H39FN2. The van der Waals surface area contributed by atoms with E-state index in [4.69, 9.17) is 0 Å². The average molecular weight is 783 g/mol. The minimum absolute atomic E-state index is 0.243. The van der Waals surface area contributed by atoms with Crippen LogP contribution in [0.15, 0.2) is 237 Å². The highest BCUT2D eigenvalue weighted by molar-refractivity contribution is 6.09. The van der Waals surface area contributed by atoms with Crippen LogP contribution in [0.25, 0.3) is 82.8 Å². The predicted octanol–water partition coefficient (Wildman–Crippen LogP) is 16.2. The normalized spacial score (nSPS) is 11.4. The molecule has 61 heavy (non-hydrogen) atoms. The van der Waals surface area contributed by atoms with Crippen molar-refractivity contribution in [3.8, 4) is 50.2 Å². The molecule has 0 N–H and O–H groups in total. The number of nitrogens with zero attached hydrogens (tertiary/aromatic N) is 2. The second-order valence-electron chi connectivity index (χ2n) is 15.5. The molecule has 3 heteroatoms. The smallest absolute Gasteiger partial charge is 0.123 e. The lowest BCUT2D eigenvalue weighted by Gasteiger charge is -2.26. The van der Waals surface area contributed by atoms with Gasteiger partial charge in [-0.25, -0.2) is 4.39 Å².